The van der Waals surface area contributed by atoms with Crippen molar-refractivity contribution in [2.24, 2.45) is 0 Å². The Balaban J connectivity index is 1.50. The molecule has 3 heteroatoms. The highest BCUT2D eigenvalue weighted by molar-refractivity contribution is 6.30. The van der Waals surface area contributed by atoms with Gasteiger partial charge in [0.25, 0.3) is 5.91 Å². The normalized spacial score (nSPS) is 12.7. The Morgan fingerprint density at radius 3 is 1.92 bits per heavy atom. The molecule has 3 aromatic carbocycles. The third-order valence-electron chi connectivity index (χ3n) is 4.04. The molecular formula is C21H14ClNO. The molecule has 0 spiro atoms. The molecule has 0 unspecified atom stereocenters. The predicted molar refractivity (Wildman–Crippen MR) is 97.5 cm³/mol. The molecule has 116 valence electrons. The van der Waals surface area contributed by atoms with Crippen LogP contribution in [0.1, 0.15) is 15.9 Å². The van der Waals surface area contributed by atoms with E-state index in [9.17, 15) is 4.79 Å². The van der Waals surface area contributed by atoms with Gasteiger partial charge >= 0.3 is 0 Å². The minimum atomic E-state index is -0.00323. The number of carbonyl (C=O) groups excluding carboxylic acids is 1. The Morgan fingerprint density at radius 1 is 0.708 bits per heavy atom. The lowest BCUT2D eigenvalue weighted by Gasteiger charge is -2.07. The van der Waals surface area contributed by atoms with Crippen LogP contribution in [0.25, 0.3) is 16.8 Å². The number of halogens is 1. The summed E-state index contributed by atoms with van der Waals surface area (Å²) in [6.45, 7) is 0. The van der Waals surface area contributed by atoms with Gasteiger partial charge < -0.3 is 0 Å². The summed E-state index contributed by atoms with van der Waals surface area (Å²) in [6, 6.07) is 25.2. The second kappa shape index (κ2) is 5.99. The van der Waals surface area contributed by atoms with E-state index < -0.39 is 0 Å². The Kier molecular flexibility index (Phi) is 3.68. The van der Waals surface area contributed by atoms with Gasteiger partial charge in [-0.3, -0.25) is 9.69 Å². The van der Waals surface area contributed by atoms with Crippen LogP contribution in [-0.4, -0.2) is 10.8 Å². The highest BCUT2D eigenvalue weighted by Gasteiger charge is 2.29. The predicted octanol–water partition coefficient (Wildman–Crippen LogP) is 5.46. The maximum absolute atomic E-state index is 12.5. The van der Waals surface area contributed by atoms with Crippen LogP contribution in [0.15, 0.2) is 85.1 Å². The largest absolute Gasteiger partial charge is 0.280 e. The lowest BCUT2D eigenvalue weighted by Crippen LogP contribution is -2.11. The average molecular weight is 332 g/mol. The summed E-state index contributed by atoms with van der Waals surface area (Å²) in [6.07, 6.45) is 1.87. The van der Waals surface area contributed by atoms with Crippen LogP contribution in [0.2, 0.25) is 5.02 Å². The summed E-state index contributed by atoms with van der Waals surface area (Å²) in [5.74, 6) is -0.00323. The molecule has 2 nitrogen and oxygen atoms in total. The number of rotatable bonds is 3. The Hall–Kier alpha value is -2.84. The maximum Gasteiger partial charge on any atom is 0.262 e. The summed E-state index contributed by atoms with van der Waals surface area (Å²) in [4.78, 5) is 14.2. The lowest BCUT2D eigenvalue weighted by molar-refractivity contribution is 0.0904. The first-order valence-corrected chi connectivity index (χ1v) is 8.07. The molecule has 1 aliphatic heterocycles. The van der Waals surface area contributed by atoms with Crippen molar-refractivity contribution in [3.63, 3.8) is 0 Å². The molecule has 0 aliphatic carbocycles. The van der Waals surface area contributed by atoms with E-state index in [1.54, 1.807) is 4.90 Å². The highest BCUT2D eigenvalue weighted by Crippen LogP contribution is 2.33. The Bertz CT molecular complexity index is 912. The number of hydrogen-bond donors (Lipinski definition) is 0. The summed E-state index contributed by atoms with van der Waals surface area (Å²) in [5, 5.41) is 0.714. The first-order chi connectivity index (χ1) is 11.7. The molecule has 0 radical (unpaired) electrons. The van der Waals surface area contributed by atoms with Crippen molar-refractivity contribution in [3.8, 4) is 11.1 Å². The van der Waals surface area contributed by atoms with Crippen LogP contribution >= 0.6 is 11.6 Å². The molecule has 0 bridgehead atoms. The van der Waals surface area contributed by atoms with Gasteiger partial charge in [0.2, 0.25) is 0 Å². The number of nitrogens with zero attached hydrogens (tertiary/aromatic N) is 1. The molecule has 24 heavy (non-hydrogen) atoms. The topological polar surface area (TPSA) is 20.1 Å². The van der Waals surface area contributed by atoms with Crippen LogP contribution in [0.5, 0.6) is 0 Å². The summed E-state index contributed by atoms with van der Waals surface area (Å²) in [7, 11) is 0. The fraction of sp³-hybridized carbons (Fsp3) is 0. The maximum atomic E-state index is 12.5. The molecule has 4 rings (SSSR count). The van der Waals surface area contributed by atoms with Crippen LogP contribution in [-0.2, 0) is 0 Å². The van der Waals surface area contributed by atoms with Gasteiger partial charge in [0.15, 0.2) is 0 Å². The van der Waals surface area contributed by atoms with Crippen molar-refractivity contribution in [2.45, 2.75) is 0 Å². The molecule has 1 amide bonds. The van der Waals surface area contributed by atoms with Crippen molar-refractivity contribution < 1.29 is 4.79 Å². The number of hydrogen-bond acceptors (Lipinski definition) is 1. The molecule has 0 aromatic heterocycles. The van der Waals surface area contributed by atoms with Crippen molar-refractivity contribution in [1.82, 2.24) is 4.90 Å². The standard InChI is InChI=1S/C21H14ClNO/c22-19-12-10-16(11-13-19)15-6-8-18(9-7-15)21(24)23-14-20(23)17-4-2-1-3-5-17/h1-14H. The second-order valence-electron chi connectivity index (χ2n) is 5.64. The van der Waals surface area contributed by atoms with E-state index in [4.69, 9.17) is 11.6 Å². The van der Waals surface area contributed by atoms with Gasteiger partial charge in [0.05, 0.1) is 5.70 Å². The third kappa shape index (κ3) is 2.84. The number of amides is 1. The fourth-order valence-electron chi connectivity index (χ4n) is 2.67. The van der Waals surface area contributed by atoms with E-state index in [2.05, 4.69) is 0 Å². The Labute approximate surface area is 145 Å². The fourth-order valence-corrected chi connectivity index (χ4v) is 2.80. The molecule has 0 fully saturated rings. The zero-order chi connectivity index (χ0) is 16.5. The quantitative estimate of drug-likeness (QED) is 0.624. The minimum Gasteiger partial charge on any atom is -0.280 e. The van der Waals surface area contributed by atoms with E-state index >= 15 is 0 Å². The van der Waals surface area contributed by atoms with Crippen molar-refractivity contribution >= 4 is 23.2 Å². The van der Waals surface area contributed by atoms with E-state index in [0.29, 0.717) is 10.6 Å². The monoisotopic (exact) mass is 331 g/mol. The van der Waals surface area contributed by atoms with Gasteiger partial charge in [-0.1, -0.05) is 66.2 Å². The average Bonchev–Trinajstić information content (AvgIpc) is 3.43. The summed E-state index contributed by atoms with van der Waals surface area (Å²) >= 11 is 5.92. The smallest absolute Gasteiger partial charge is 0.262 e. The van der Waals surface area contributed by atoms with Crippen LogP contribution in [0.3, 0.4) is 0 Å². The van der Waals surface area contributed by atoms with Gasteiger partial charge in [0, 0.05) is 22.3 Å². The molecular weight excluding hydrogens is 318 g/mol. The van der Waals surface area contributed by atoms with E-state index in [0.717, 1.165) is 22.4 Å². The first-order valence-electron chi connectivity index (χ1n) is 7.69. The summed E-state index contributed by atoms with van der Waals surface area (Å²) < 4.78 is 0. The zero-order valence-electron chi connectivity index (χ0n) is 12.8. The van der Waals surface area contributed by atoms with Gasteiger partial charge in [0.1, 0.15) is 0 Å². The molecule has 3 aromatic rings. The van der Waals surface area contributed by atoms with Crippen molar-refractivity contribution in [2.75, 3.05) is 0 Å². The van der Waals surface area contributed by atoms with Gasteiger partial charge in [-0.15, -0.1) is 0 Å². The number of carbonyl (C=O) groups is 1. The molecule has 0 saturated heterocycles. The van der Waals surface area contributed by atoms with Gasteiger partial charge in [-0.05, 0) is 35.4 Å². The summed E-state index contributed by atoms with van der Waals surface area (Å²) in [5.41, 5.74) is 4.83. The van der Waals surface area contributed by atoms with Crippen LogP contribution < -0.4 is 0 Å². The molecule has 1 aliphatic rings. The minimum absolute atomic E-state index is 0.00323. The SMILES string of the molecule is O=C(c1ccc(-c2ccc(Cl)cc2)cc1)N1C=C1c1ccccc1. The molecule has 0 saturated carbocycles. The number of benzene rings is 3. The Morgan fingerprint density at radius 2 is 1.29 bits per heavy atom. The van der Waals surface area contributed by atoms with E-state index in [1.807, 2.05) is 85.1 Å². The highest BCUT2D eigenvalue weighted by atomic mass is 35.5. The first kappa shape index (κ1) is 14.7. The molecule has 1 heterocycles. The van der Waals surface area contributed by atoms with E-state index in [1.165, 1.54) is 0 Å². The molecule has 0 atom stereocenters. The lowest BCUT2D eigenvalue weighted by atomic mass is 10.0. The van der Waals surface area contributed by atoms with Crippen molar-refractivity contribution in [3.05, 3.63) is 101 Å². The third-order valence-corrected chi connectivity index (χ3v) is 4.29. The zero-order valence-corrected chi connectivity index (χ0v) is 13.6. The van der Waals surface area contributed by atoms with Gasteiger partial charge in [-0.2, -0.15) is 0 Å². The van der Waals surface area contributed by atoms with Crippen LogP contribution in [0, 0.1) is 0 Å². The van der Waals surface area contributed by atoms with Crippen LogP contribution in [0.4, 0.5) is 0 Å². The molecule has 0 N–H and O–H groups in total. The van der Waals surface area contributed by atoms with Gasteiger partial charge in [-0.25, -0.2) is 0 Å². The van der Waals surface area contributed by atoms with E-state index in [-0.39, 0.29) is 5.91 Å². The van der Waals surface area contributed by atoms with Crippen molar-refractivity contribution in [1.29, 1.82) is 0 Å². The second-order valence-corrected chi connectivity index (χ2v) is 6.08.